The summed E-state index contributed by atoms with van der Waals surface area (Å²) in [7, 11) is 0. The highest BCUT2D eigenvalue weighted by Crippen LogP contribution is 2.29. The zero-order valence-corrected chi connectivity index (χ0v) is 17.4. The van der Waals surface area contributed by atoms with Gasteiger partial charge >= 0.3 is 6.03 Å². The van der Waals surface area contributed by atoms with Crippen LogP contribution in [0.3, 0.4) is 0 Å². The van der Waals surface area contributed by atoms with Gasteiger partial charge in [-0.25, -0.2) is 9.78 Å². The summed E-state index contributed by atoms with van der Waals surface area (Å²) in [5.41, 5.74) is 0.865. The number of hydrogen-bond donors (Lipinski definition) is 2. The Balaban J connectivity index is 2.28. The minimum Gasteiger partial charge on any atom is -0.336 e. The molecule has 0 aliphatic heterocycles. The molecule has 0 aromatic carbocycles. The van der Waals surface area contributed by atoms with Crippen LogP contribution in [0, 0.1) is 13.8 Å². The molecule has 0 spiro atoms. The average Bonchev–Trinajstić information content (AvgIpc) is 2.81. The second-order valence-electron chi connectivity index (χ2n) is 6.28. The van der Waals surface area contributed by atoms with Crippen molar-refractivity contribution in [1.82, 2.24) is 20.2 Å². The van der Waals surface area contributed by atoms with E-state index >= 15 is 0 Å². The molecule has 2 aromatic rings. The lowest BCUT2D eigenvalue weighted by Gasteiger charge is -2.15. The molecule has 2 heterocycles. The van der Waals surface area contributed by atoms with E-state index in [-0.39, 0.29) is 11.6 Å². The van der Waals surface area contributed by atoms with E-state index in [4.69, 9.17) is 0 Å². The largest absolute Gasteiger partial charge is 0.336 e. The second-order valence-corrected chi connectivity index (χ2v) is 8.80. The minimum atomic E-state index is -0.572. The van der Waals surface area contributed by atoms with Crippen LogP contribution in [0.15, 0.2) is 9.95 Å². The fourth-order valence-corrected chi connectivity index (χ4v) is 4.44. The third kappa shape index (κ3) is 4.27. The first-order valence-corrected chi connectivity index (χ1v) is 10.1. The number of nitrogens with one attached hydrogen (secondary N) is 2. The molecule has 2 aromatic heterocycles. The smallest absolute Gasteiger partial charge is 0.321 e. The Hall–Kier alpha value is -1.87. The minimum absolute atomic E-state index is 0.0644. The Bertz CT molecular complexity index is 902. The van der Waals surface area contributed by atoms with Crippen LogP contribution < -0.4 is 16.2 Å². The predicted octanol–water partition coefficient (Wildman–Crippen LogP) is 2.81. The number of carbonyl (C=O) groups is 2. The number of hydrogen-bond acceptors (Lipinski definition) is 6. The Morgan fingerprint density at radius 3 is 2.50 bits per heavy atom. The Morgan fingerprint density at radius 2 is 1.92 bits per heavy atom. The van der Waals surface area contributed by atoms with Crippen LogP contribution in [0.5, 0.6) is 0 Å². The fourth-order valence-electron chi connectivity index (χ4n) is 2.40. The first-order chi connectivity index (χ1) is 12.1. The summed E-state index contributed by atoms with van der Waals surface area (Å²) < 4.78 is 1.57. The van der Waals surface area contributed by atoms with Gasteiger partial charge in [-0.3, -0.25) is 19.5 Å². The Morgan fingerprint density at radius 1 is 1.27 bits per heavy atom. The van der Waals surface area contributed by atoms with Crippen LogP contribution in [0.1, 0.15) is 38.1 Å². The third-order valence-electron chi connectivity index (χ3n) is 3.88. The molecule has 26 heavy (non-hydrogen) atoms. The van der Waals surface area contributed by atoms with E-state index in [9.17, 15) is 14.4 Å². The number of fused-ring (bicyclic) bond motifs is 1. The molecule has 2 N–H and O–H groups in total. The van der Waals surface area contributed by atoms with Crippen LogP contribution in [0.4, 0.5) is 4.79 Å². The first-order valence-electron chi connectivity index (χ1n) is 8.44. The monoisotopic (exact) mass is 396 g/mol. The quantitative estimate of drug-likeness (QED) is 0.599. The third-order valence-corrected chi connectivity index (χ3v) is 6.07. The van der Waals surface area contributed by atoms with Crippen molar-refractivity contribution < 1.29 is 9.59 Å². The molecule has 0 fully saturated rings. The molecule has 0 bridgehead atoms. The van der Waals surface area contributed by atoms with Crippen LogP contribution >= 0.6 is 23.1 Å². The van der Waals surface area contributed by atoms with Crippen molar-refractivity contribution in [3.05, 3.63) is 20.8 Å². The maximum Gasteiger partial charge on any atom is 0.321 e. The van der Waals surface area contributed by atoms with E-state index in [0.29, 0.717) is 21.9 Å². The normalized spacial score (nSPS) is 12.4. The second kappa shape index (κ2) is 8.22. The zero-order valence-electron chi connectivity index (χ0n) is 15.8. The number of aryl methyl sites for hydroxylation is 2. The number of imide groups is 1. The van der Waals surface area contributed by atoms with Gasteiger partial charge in [0.15, 0.2) is 5.16 Å². The highest BCUT2D eigenvalue weighted by molar-refractivity contribution is 8.00. The van der Waals surface area contributed by atoms with E-state index in [2.05, 4.69) is 15.6 Å². The average molecular weight is 397 g/mol. The number of nitrogens with zero attached hydrogens (tertiary/aromatic N) is 2. The van der Waals surface area contributed by atoms with Gasteiger partial charge in [0.25, 0.3) is 5.56 Å². The van der Waals surface area contributed by atoms with Crippen molar-refractivity contribution in [3.63, 3.8) is 0 Å². The van der Waals surface area contributed by atoms with Gasteiger partial charge < -0.3 is 5.32 Å². The molecular formula is C17H24N4O3S2. The SMILES string of the molecule is CCn1c(S[C@@H](C)C(=O)NC(=O)NC(C)C)nc2sc(C)c(C)c2c1=O. The van der Waals surface area contributed by atoms with Gasteiger partial charge in [0.1, 0.15) is 4.83 Å². The first kappa shape index (κ1) is 20.4. The summed E-state index contributed by atoms with van der Waals surface area (Å²) in [6.07, 6.45) is 0. The fraction of sp³-hybridized carbons (Fsp3) is 0.529. The van der Waals surface area contributed by atoms with Gasteiger partial charge in [-0.05, 0) is 47.1 Å². The van der Waals surface area contributed by atoms with Gasteiger partial charge in [-0.1, -0.05) is 11.8 Å². The molecule has 0 radical (unpaired) electrons. The maximum absolute atomic E-state index is 12.8. The molecule has 0 unspecified atom stereocenters. The summed E-state index contributed by atoms with van der Waals surface area (Å²) in [5.74, 6) is -0.427. The number of thiophene rings is 1. The number of aromatic nitrogens is 2. The van der Waals surface area contributed by atoms with E-state index in [1.54, 1.807) is 11.5 Å². The van der Waals surface area contributed by atoms with Gasteiger partial charge in [0, 0.05) is 17.5 Å². The molecule has 1 atom stereocenters. The number of rotatable bonds is 5. The summed E-state index contributed by atoms with van der Waals surface area (Å²) in [6.45, 7) is 11.5. The molecule has 0 aliphatic rings. The maximum atomic E-state index is 12.8. The number of urea groups is 1. The lowest BCUT2D eigenvalue weighted by molar-refractivity contribution is -0.119. The topological polar surface area (TPSA) is 93.1 Å². The van der Waals surface area contributed by atoms with E-state index in [0.717, 1.165) is 10.4 Å². The van der Waals surface area contributed by atoms with Gasteiger partial charge in [0.2, 0.25) is 5.91 Å². The van der Waals surface area contributed by atoms with Crippen molar-refractivity contribution in [1.29, 1.82) is 0 Å². The molecule has 142 valence electrons. The molecule has 9 heteroatoms. The van der Waals surface area contributed by atoms with Crippen molar-refractivity contribution in [2.75, 3.05) is 0 Å². The van der Waals surface area contributed by atoms with Gasteiger partial charge in [0.05, 0.1) is 10.6 Å². The number of carbonyl (C=O) groups excluding carboxylic acids is 2. The van der Waals surface area contributed by atoms with Crippen molar-refractivity contribution in [2.45, 2.75) is 64.5 Å². The van der Waals surface area contributed by atoms with E-state index < -0.39 is 17.2 Å². The van der Waals surface area contributed by atoms with Crippen LogP contribution in [0.25, 0.3) is 10.2 Å². The molecule has 0 saturated carbocycles. The number of thioether (sulfide) groups is 1. The predicted molar refractivity (Wildman–Crippen MR) is 106 cm³/mol. The molecule has 7 nitrogen and oxygen atoms in total. The lowest BCUT2D eigenvalue weighted by atomic mass is 10.2. The highest BCUT2D eigenvalue weighted by Gasteiger charge is 2.22. The van der Waals surface area contributed by atoms with Crippen LogP contribution in [-0.2, 0) is 11.3 Å². The summed E-state index contributed by atoms with van der Waals surface area (Å²) in [4.78, 5) is 43.1. The van der Waals surface area contributed by atoms with Gasteiger partial charge in [-0.2, -0.15) is 0 Å². The molecule has 0 aliphatic carbocycles. The lowest BCUT2D eigenvalue weighted by Crippen LogP contribution is -2.45. The molecule has 3 amide bonds. The van der Waals surface area contributed by atoms with E-state index in [1.165, 1.54) is 23.1 Å². The molecule has 2 rings (SSSR count). The standard InChI is InChI=1S/C17H24N4O3S2/c1-7-21-15(23)12-9(4)10(5)25-14(12)20-17(21)26-11(6)13(22)19-16(24)18-8(2)3/h8,11H,7H2,1-6H3,(H2,18,19,22,24)/t11-/m0/s1. The zero-order chi connectivity index (χ0) is 19.6. The molecule has 0 saturated heterocycles. The summed E-state index contributed by atoms with van der Waals surface area (Å²) >= 11 is 2.65. The van der Waals surface area contributed by atoms with Crippen LogP contribution in [-0.4, -0.2) is 32.8 Å². The van der Waals surface area contributed by atoms with Crippen LogP contribution in [0.2, 0.25) is 0 Å². The van der Waals surface area contributed by atoms with Crippen molar-refractivity contribution >= 4 is 45.3 Å². The Kier molecular flexibility index (Phi) is 6.46. The summed E-state index contributed by atoms with van der Waals surface area (Å²) in [6, 6.07) is -0.594. The summed E-state index contributed by atoms with van der Waals surface area (Å²) in [5, 5.41) is 5.48. The van der Waals surface area contributed by atoms with Crippen molar-refractivity contribution in [2.24, 2.45) is 0 Å². The highest BCUT2D eigenvalue weighted by atomic mass is 32.2. The number of amides is 3. The Labute approximate surface area is 160 Å². The molecular weight excluding hydrogens is 372 g/mol. The van der Waals surface area contributed by atoms with Crippen molar-refractivity contribution in [3.8, 4) is 0 Å². The van der Waals surface area contributed by atoms with Gasteiger partial charge in [-0.15, -0.1) is 11.3 Å². The van der Waals surface area contributed by atoms with E-state index in [1.807, 2.05) is 34.6 Å².